The lowest BCUT2D eigenvalue weighted by Crippen LogP contribution is -2.22. The minimum absolute atomic E-state index is 0.230. The first-order valence-corrected chi connectivity index (χ1v) is 9.03. The van der Waals surface area contributed by atoms with Crippen LogP contribution < -0.4 is 16.7 Å². The smallest absolute Gasteiger partial charge is 0.329 e. The Labute approximate surface area is 166 Å². The molecule has 4 aromatic rings. The van der Waals surface area contributed by atoms with Crippen LogP contribution in [0.1, 0.15) is 15.9 Å². The van der Waals surface area contributed by atoms with Crippen LogP contribution in [-0.4, -0.2) is 15.0 Å². The third kappa shape index (κ3) is 3.50. The second-order valence-electron chi connectivity index (χ2n) is 6.80. The molecule has 146 valence electrons. The lowest BCUT2D eigenvalue weighted by molar-refractivity contribution is 0.102. The van der Waals surface area contributed by atoms with E-state index in [1.807, 2.05) is 0 Å². The molecule has 0 atom stereocenters. The average Bonchev–Trinajstić information content (AvgIpc) is 2.94. The number of hydrogen-bond donors (Lipinski definition) is 2. The number of benzene rings is 3. The van der Waals surface area contributed by atoms with Crippen molar-refractivity contribution < 1.29 is 9.18 Å². The average molecular weight is 390 g/mol. The highest BCUT2D eigenvalue weighted by molar-refractivity contribution is 6.05. The Hall–Kier alpha value is -3.87. The fourth-order valence-corrected chi connectivity index (χ4v) is 3.28. The number of nitrogens with one attached hydrogen (secondary N) is 1. The van der Waals surface area contributed by atoms with Gasteiger partial charge in [-0.05, 0) is 48.0 Å². The molecule has 0 radical (unpaired) electrons. The van der Waals surface area contributed by atoms with Crippen molar-refractivity contribution in [3.05, 3.63) is 94.2 Å². The molecular weight excluding hydrogens is 371 g/mol. The quantitative estimate of drug-likeness (QED) is 0.524. The summed E-state index contributed by atoms with van der Waals surface area (Å²) in [4.78, 5) is 25.0. The number of fused-ring (bicyclic) bond motifs is 1. The number of nitrogen functional groups attached to an aromatic ring is 1. The molecule has 0 unspecified atom stereocenters. The summed E-state index contributed by atoms with van der Waals surface area (Å²) < 4.78 is 16.5. The number of anilines is 2. The van der Waals surface area contributed by atoms with Gasteiger partial charge in [-0.25, -0.2) is 9.18 Å². The van der Waals surface area contributed by atoms with E-state index >= 15 is 0 Å². The first kappa shape index (κ1) is 18.5. The highest BCUT2D eigenvalue weighted by Gasteiger charge is 2.13. The summed E-state index contributed by atoms with van der Waals surface area (Å²) >= 11 is 0. The van der Waals surface area contributed by atoms with Crippen molar-refractivity contribution in [2.45, 2.75) is 6.54 Å². The molecule has 1 aromatic heterocycles. The van der Waals surface area contributed by atoms with Crippen LogP contribution in [0.25, 0.3) is 11.0 Å². The molecule has 0 bridgehead atoms. The maximum Gasteiger partial charge on any atom is 0.329 e. The standard InChI is InChI=1S/C22H19FN4O2/c1-26-20-12-16(23)10-11-19(20)27(22(26)29)13-14-6-8-15(9-7-14)21(28)25-18-5-3-2-4-17(18)24/h2-12H,13,24H2,1H3,(H,25,28). The first-order valence-electron chi connectivity index (χ1n) is 9.03. The number of nitrogens with zero attached hydrogens (tertiary/aromatic N) is 2. The molecule has 0 aliphatic rings. The maximum atomic E-state index is 13.5. The van der Waals surface area contributed by atoms with Gasteiger partial charge in [0.25, 0.3) is 5.91 Å². The van der Waals surface area contributed by atoms with E-state index in [2.05, 4.69) is 5.32 Å². The van der Waals surface area contributed by atoms with E-state index in [4.69, 9.17) is 5.73 Å². The molecule has 3 N–H and O–H groups in total. The monoisotopic (exact) mass is 390 g/mol. The molecule has 3 aromatic carbocycles. The van der Waals surface area contributed by atoms with Gasteiger partial charge in [-0.15, -0.1) is 0 Å². The highest BCUT2D eigenvalue weighted by Crippen LogP contribution is 2.19. The van der Waals surface area contributed by atoms with E-state index in [0.29, 0.717) is 34.5 Å². The zero-order valence-electron chi connectivity index (χ0n) is 15.7. The number of nitrogens with two attached hydrogens (primary N) is 1. The predicted octanol–water partition coefficient (Wildman–Crippen LogP) is 3.36. The molecule has 1 amide bonds. The van der Waals surface area contributed by atoms with Crippen molar-refractivity contribution in [2.75, 3.05) is 11.1 Å². The van der Waals surface area contributed by atoms with Crippen LogP contribution in [0.4, 0.5) is 15.8 Å². The van der Waals surface area contributed by atoms with E-state index in [9.17, 15) is 14.0 Å². The van der Waals surface area contributed by atoms with E-state index in [1.165, 1.54) is 16.7 Å². The van der Waals surface area contributed by atoms with Crippen LogP contribution in [0, 0.1) is 5.82 Å². The van der Waals surface area contributed by atoms with Crippen LogP contribution >= 0.6 is 0 Å². The number of aryl methyl sites for hydroxylation is 1. The Morgan fingerprint density at radius 3 is 2.48 bits per heavy atom. The van der Waals surface area contributed by atoms with Gasteiger partial charge >= 0.3 is 5.69 Å². The van der Waals surface area contributed by atoms with Crippen LogP contribution in [-0.2, 0) is 13.6 Å². The van der Waals surface area contributed by atoms with Gasteiger partial charge in [-0.3, -0.25) is 13.9 Å². The second kappa shape index (κ2) is 7.27. The third-order valence-corrected chi connectivity index (χ3v) is 4.87. The number of halogens is 1. The number of rotatable bonds is 4. The Morgan fingerprint density at radius 1 is 1.03 bits per heavy atom. The van der Waals surface area contributed by atoms with Crippen LogP contribution in [0.5, 0.6) is 0 Å². The Kier molecular flexibility index (Phi) is 4.64. The molecule has 0 saturated heterocycles. The number of hydrogen-bond acceptors (Lipinski definition) is 3. The lowest BCUT2D eigenvalue weighted by atomic mass is 10.1. The van der Waals surface area contributed by atoms with E-state index in [-0.39, 0.29) is 17.4 Å². The summed E-state index contributed by atoms with van der Waals surface area (Å²) in [5.74, 6) is -0.660. The molecule has 4 rings (SSSR count). The van der Waals surface area contributed by atoms with Gasteiger partial charge in [0.15, 0.2) is 0 Å². The summed E-state index contributed by atoms with van der Waals surface area (Å²) in [6, 6.07) is 18.3. The molecule has 0 fully saturated rings. The fourth-order valence-electron chi connectivity index (χ4n) is 3.28. The maximum absolute atomic E-state index is 13.5. The molecule has 0 saturated carbocycles. The molecule has 29 heavy (non-hydrogen) atoms. The van der Waals surface area contributed by atoms with Crippen molar-refractivity contribution in [3.63, 3.8) is 0 Å². The second-order valence-corrected chi connectivity index (χ2v) is 6.80. The molecule has 0 spiro atoms. The molecular formula is C22H19FN4O2. The topological polar surface area (TPSA) is 82.0 Å². The zero-order valence-corrected chi connectivity index (χ0v) is 15.7. The SMILES string of the molecule is Cn1c(=O)n(Cc2ccc(C(=O)Nc3ccccc3N)cc2)c2ccc(F)cc21. The van der Waals surface area contributed by atoms with Crippen LogP contribution in [0.15, 0.2) is 71.5 Å². The number of carbonyl (C=O) groups is 1. The summed E-state index contributed by atoms with van der Waals surface area (Å²) in [7, 11) is 1.61. The van der Waals surface area contributed by atoms with Gasteiger partial charge in [0.05, 0.1) is 29.0 Å². The fraction of sp³-hybridized carbons (Fsp3) is 0.0909. The minimum atomic E-state index is -0.389. The molecule has 7 heteroatoms. The normalized spacial score (nSPS) is 11.0. The largest absolute Gasteiger partial charge is 0.397 e. The number of carbonyl (C=O) groups excluding carboxylic acids is 1. The highest BCUT2D eigenvalue weighted by atomic mass is 19.1. The van der Waals surface area contributed by atoms with Crippen molar-refractivity contribution >= 4 is 28.3 Å². The van der Waals surface area contributed by atoms with Gasteiger partial charge in [-0.2, -0.15) is 0 Å². The summed E-state index contributed by atoms with van der Waals surface area (Å²) in [6.07, 6.45) is 0. The zero-order chi connectivity index (χ0) is 20.5. The molecule has 0 aliphatic heterocycles. The van der Waals surface area contributed by atoms with Crippen molar-refractivity contribution in [1.82, 2.24) is 9.13 Å². The van der Waals surface area contributed by atoms with E-state index in [1.54, 1.807) is 66.2 Å². The minimum Gasteiger partial charge on any atom is -0.397 e. The Balaban J connectivity index is 1.57. The van der Waals surface area contributed by atoms with Gasteiger partial charge in [0.2, 0.25) is 0 Å². The number of imidazole rings is 1. The molecule has 6 nitrogen and oxygen atoms in total. The number of amides is 1. The van der Waals surface area contributed by atoms with Gasteiger partial charge < -0.3 is 11.1 Å². The summed E-state index contributed by atoms with van der Waals surface area (Å²) in [6.45, 7) is 0.315. The molecule has 1 heterocycles. The van der Waals surface area contributed by atoms with E-state index in [0.717, 1.165) is 5.56 Å². The van der Waals surface area contributed by atoms with E-state index < -0.39 is 0 Å². The third-order valence-electron chi connectivity index (χ3n) is 4.87. The first-order chi connectivity index (χ1) is 13.9. The summed E-state index contributed by atoms with van der Waals surface area (Å²) in [5.41, 5.74) is 9.18. The Bertz CT molecular complexity index is 1270. The van der Waals surface area contributed by atoms with Crippen LogP contribution in [0.2, 0.25) is 0 Å². The van der Waals surface area contributed by atoms with Crippen molar-refractivity contribution in [1.29, 1.82) is 0 Å². The van der Waals surface area contributed by atoms with Gasteiger partial charge in [0, 0.05) is 12.6 Å². The van der Waals surface area contributed by atoms with Gasteiger partial charge in [-0.1, -0.05) is 24.3 Å². The van der Waals surface area contributed by atoms with Gasteiger partial charge in [0.1, 0.15) is 5.82 Å². The van der Waals surface area contributed by atoms with Crippen molar-refractivity contribution in [2.24, 2.45) is 7.05 Å². The Morgan fingerprint density at radius 2 is 1.76 bits per heavy atom. The number of aromatic nitrogens is 2. The predicted molar refractivity (Wildman–Crippen MR) is 111 cm³/mol. The lowest BCUT2D eigenvalue weighted by Gasteiger charge is -2.09. The number of para-hydroxylation sites is 2. The summed E-state index contributed by atoms with van der Waals surface area (Å²) in [5, 5.41) is 2.78. The van der Waals surface area contributed by atoms with Crippen molar-refractivity contribution in [3.8, 4) is 0 Å². The molecule has 0 aliphatic carbocycles. The van der Waals surface area contributed by atoms with Crippen LogP contribution in [0.3, 0.4) is 0 Å².